The molecule has 0 aliphatic carbocycles. The van der Waals surface area contributed by atoms with Gasteiger partial charge in [-0.1, -0.05) is 0 Å². The first-order valence-corrected chi connectivity index (χ1v) is 5.68. The van der Waals surface area contributed by atoms with Crippen molar-refractivity contribution in [2.45, 2.75) is 18.9 Å². The molecule has 1 fully saturated rings. The van der Waals surface area contributed by atoms with E-state index < -0.39 is 0 Å². The van der Waals surface area contributed by atoms with Crippen LogP contribution in [-0.4, -0.2) is 42.0 Å². The van der Waals surface area contributed by atoms with Crippen molar-refractivity contribution in [2.75, 3.05) is 20.1 Å². The number of amides is 1. The number of nitrogens with zero attached hydrogens (tertiary/aromatic N) is 2. The Bertz CT molecular complexity index is 353. The van der Waals surface area contributed by atoms with Gasteiger partial charge in [-0.05, 0) is 32.0 Å². The molecule has 4 nitrogen and oxygen atoms in total. The molecule has 1 aromatic heterocycles. The van der Waals surface area contributed by atoms with Crippen molar-refractivity contribution < 1.29 is 4.79 Å². The molecule has 0 spiro atoms. The average Bonchev–Trinajstić information content (AvgIpc) is 2.39. The minimum Gasteiger partial charge on any atom is -0.337 e. The van der Waals surface area contributed by atoms with Gasteiger partial charge in [-0.25, -0.2) is 0 Å². The Labute approximate surface area is 95.7 Å². The summed E-state index contributed by atoms with van der Waals surface area (Å²) in [5, 5.41) is 3.23. The van der Waals surface area contributed by atoms with E-state index in [9.17, 15) is 4.79 Å². The standard InChI is InChI=1S/C12H17N3O/c1-13-11-5-3-7-15(9-11)12(16)10-4-2-6-14-8-10/h2,4,6,8,11,13H,3,5,7,9H2,1H3. The molecule has 1 N–H and O–H groups in total. The van der Waals surface area contributed by atoms with Crippen molar-refractivity contribution in [3.05, 3.63) is 30.1 Å². The molecule has 0 bridgehead atoms. The van der Waals surface area contributed by atoms with Gasteiger partial charge in [0, 0.05) is 31.5 Å². The number of hydrogen-bond donors (Lipinski definition) is 1. The number of pyridine rings is 1. The zero-order chi connectivity index (χ0) is 11.4. The highest BCUT2D eigenvalue weighted by Gasteiger charge is 2.23. The number of carbonyl (C=O) groups is 1. The van der Waals surface area contributed by atoms with Gasteiger partial charge in [-0.3, -0.25) is 9.78 Å². The highest BCUT2D eigenvalue weighted by molar-refractivity contribution is 5.93. The minimum absolute atomic E-state index is 0.0908. The number of aromatic nitrogens is 1. The van der Waals surface area contributed by atoms with E-state index in [4.69, 9.17) is 0 Å². The molecule has 2 heterocycles. The van der Waals surface area contributed by atoms with Gasteiger partial charge in [0.2, 0.25) is 0 Å². The number of likely N-dealkylation sites (tertiary alicyclic amines) is 1. The normalized spacial score (nSPS) is 20.8. The fourth-order valence-electron chi connectivity index (χ4n) is 2.07. The van der Waals surface area contributed by atoms with Gasteiger partial charge >= 0.3 is 0 Å². The Morgan fingerprint density at radius 1 is 1.62 bits per heavy atom. The average molecular weight is 219 g/mol. The predicted octanol–water partition coefficient (Wildman–Crippen LogP) is 0.906. The Morgan fingerprint density at radius 3 is 3.19 bits per heavy atom. The van der Waals surface area contributed by atoms with E-state index in [0.717, 1.165) is 25.9 Å². The quantitative estimate of drug-likeness (QED) is 0.804. The number of likely N-dealkylation sites (N-methyl/N-ethyl adjacent to an activating group) is 1. The lowest BCUT2D eigenvalue weighted by atomic mass is 10.1. The van der Waals surface area contributed by atoms with Crippen molar-refractivity contribution in [1.82, 2.24) is 15.2 Å². The fourth-order valence-corrected chi connectivity index (χ4v) is 2.07. The second-order valence-corrected chi connectivity index (χ2v) is 4.12. The van der Waals surface area contributed by atoms with E-state index in [1.165, 1.54) is 0 Å². The molecular formula is C12H17N3O. The summed E-state index contributed by atoms with van der Waals surface area (Å²) < 4.78 is 0. The van der Waals surface area contributed by atoms with Gasteiger partial charge in [0.05, 0.1) is 5.56 Å². The predicted molar refractivity (Wildman–Crippen MR) is 62.2 cm³/mol. The molecule has 0 aromatic carbocycles. The zero-order valence-electron chi connectivity index (χ0n) is 9.52. The highest BCUT2D eigenvalue weighted by atomic mass is 16.2. The fraction of sp³-hybridized carbons (Fsp3) is 0.500. The molecule has 1 aliphatic heterocycles. The zero-order valence-corrected chi connectivity index (χ0v) is 9.52. The van der Waals surface area contributed by atoms with Crippen LogP contribution in [0.15, 0.2) is 24.5 Å². The molecule has 0 radical (unpaired) electrons. The third kappa shape index (κ3) is 2.39. The Hall–Kier alpha value is -1.42. The van der Waals surface area contributed by atoms with Crippen LogP contribution in [0.4, 0.5) is 0 Å². The number of rotatable bonds is 2. The lowest BCUT2D eigenvalue weighted by Crippen LogP contribution is -2.46. The van der Waals surface area contributed by atoms with Gasteiger partial charge in [0.1, 0.15) is 0 Å². The molecule has 1 amide bonds. The molecule has 1 aliphatic rings. The SMILES string of the molecule is CNC1CCCN(C(=O)c2cccnc2)C1. The van der Waals surface area contributed by atoms with Crippen molar-refractivity contribution >= 4 is 5.91 Å². The van der Waals surface area contributed by atoms with Crippen LogP contribution in [0.25, 0.3) is 0 Å². The van der Waals surface area contributed by atoms with Crippen molar-refractivity contribution in [3.63, 3.8) is 0 Å². The summed E-state index contributed by atoms with van der Waals surface area (Å²) >= 11 is 0. The van der Waals surface area contributed by atoms with E-state index in [2.05, 4.69) is 10.3 Å². The first-order valence-electron chi connectivity index (χ1n) is 5.68. The molecule has 2 rings (SSSR count). The maximum atomic E-state index is 12.1. The van der Waals surface area contributed by atoms with Crippen LogP contribution in [0.5, 0.6) is 0 Å². The Balaban J connectivity index is 2.05. The summed E-state index contributed by atoms with van der Waals surface area (Å²) in [5.41, 5.74) is 0.680. The Kier molecular flexibility index (Phi) is 3.51. The van der Waals surface area contributed by atoms with Crippen LogP contribution in [0.1, 0.15) is 23.2 Å². The third-order valence-electron chi connectivity index (χ3n) is 3.03. The number of carbonyl (C=O) groups excluding carboxylic acids is 1. The number of nitrogens with one attached hydrogen (secondary N) is 1. The van der Waals surface area contributed by atoms with Crippen molar-refractivity contribution in [2.24, 2.45) is 0 Å². The lowest BCUT2D eigenvalue weighted by Gasteiger charge is -2.32. The summed E-state index contributed by atoms with van der Waals surface area (Å²) in [6.45, 7) is 1.65. The third-order valence-corrected chi connectivity index (χ3v) is 3.03. The number of piperidine rings is 1. The maximum Gasteiger partial charge on any atom is 0.255 e. The first-order chi connectivity index (χ1) is 7.81. The second-order valence-electron chi connectivity index (χ2n) is 4.12. The lowest BCUT2D eigenvalue weighted by molar-refractivity contribution is 0.0698. The molecule has 1 unspecified atom stereocenters. The molecular weight excluding hydrogens is 202 g/mol. The summed E-state index contributed by atoms with van der Waals surface area (Å²) in [6.07, 6.45) is 5.53. The van der Waals surface area contributed by atoms with Gasteiger partial charge in [0.15, 0.2) is 0 Å². The molecule has 0 saturated carbocycles. The smallest absolute Gasteiger partial charge is 0.255 e. The summed E-state index contributed by atoms with van der Waals surface area (Å²) in [6, 6.07) is 4.04. The van der Waals surface area contributed by atoms with E-state index >= 15 is 0 Å². The first kappa shape index (κ1) is 11.1. The monoisotopic (exact) mass is 219 g/mol. The van der Waals surface area contributed by atoms with Crippen molar-refractivity contribution in [3.8, 4) is 0 Å². The molecule has 1 atom stereocenters. The molecule has 1 aromatic rings. The van der Waals surface area contributed by atoms with E-state index in [-0.39, 0.29) is 5.91 Å². The topological polar surface area (TPSA) is 45.2 Å². The highest BCUT2D eigenvalue weighted by Crippen LogP contribution is 2.12. The summed E-state index contributed by atoms with van der Waals surface area (Å²) in [4.78, 5) is 18.0. The van der Waals surface area contributed by atoms with Gasteiger partial charge in [-0.2, -0.15) is 0 Å². The largest absolute Gasteiger partial charge is 0.337 e. The minimum atomic E-state index is 0.0908. The Morgan fingerprint density at radius 2 is 2.50 bits per heavy atom. The van der Waals surface area contributed by atoms with Crippen LogP contribution in [0, 0.1) is 0 Å². The van der Waals surface area contributed by atoms with Gasteiger partial charge in [-0.15, -0.1) is 0 Å². The summed E-state index contributed by atoms with van der Waals surface area (Å²) in [5.74, 6) is 0.0908. The van der Waals surface area contributed by atoms with Crippen LogP contribution in [0.3, 0.4) is 0 Å². The van der Waals surface area contributed by atoms with Crippen LogP contribution in [0.2, 0.25) is 0 Å². The van der Waals surface area contributed by atoms with E-state index in [1.54, 1.807) is 18.5 Å². The van der Waals surface area contributed by atoms with Crippen LogP contribution in [-0.2, 0) is 0 Å². The molecule has 86 valence electrons. The van der Waals surface area contributed by atoms with E-state index in [0.29, 0.717) is 11.6 Å². The van der Waals surface area contributed by atoms with Crippen molar-refractivity contribution in [1.29, 1.82) is 0 Å². The van der Waals surface area contributed by atoms with Gasteiger partial charge < -0.3 is 10.2 Å². The summed E-state index contributed by atoms with van der Waals surface area (Å²) in [7, 11) is 1.95. The molecule has 1 saturated heterocycles. The van der Waals surface area contributed by atoms with Crippen LogP contribution < -0.4 is 5.32 Å². The van der Waals surface area contributed by atoms with Gasteiger partial charge in [0.25, 0.3) is 5.91 Å². The maximum absolute atomic E-state index is 12.1. The molecule has 16 heavy (non-hydrogen) atoms. The second kappa shape index (κ2) is 5.07. The molecule has 4 heteroatoms. The number of hydrogen-bond acceptors (Lipinski definition) is 3. The van der Waals surface area contributed by atoms with E-state index in [1.807, 2.05) is 18.0 Å². The van der Waals surface area contributed by atoms with Crippen LogP contribution >= 0.6 is 0 Å².